The molecule has 1 fully saturated rings. The first kappa shape index (κ1) is 14.6. The van der Waals surface area contributed by atoms with E-state index in [1.165, 1.54) is 25.7 Å². The van der Waals surface area contributed by atoms with Gasteiger partial charge in [0.25, 0.3) is 5.56 Å². The Hall–Kier alpha value is -1.29. The average Bonchev–Trinajstić information content (AvgIpc) is 2.47. The van der Waals surface area contributed by atoms with Crippen LogP contribution in [0, 0.1) is 5.92 Å². The van der Waals surface area contributed by atoms with Gasteiger partial charge >= 0.3 is 0 Å². The van der Waals surface area contributed by atoms with Crippen molar-refractivity contribution in [2.75, 3.05) is 5.32 Å². The third-order valence-corrected chi connectivity index (χ3v) is 5.08. The van der Waals surface area contributed by atoms with Gasteiger partial charge in [0, 0.05) is 34.7 Å². The lowest BCUT2D eigenvalue weighted by molar-refractivity contribution is 0.361. The maximum absolute atomic E-state index is 12.1. The molecule has 1 aliphatic rings. The minimum Gasteiger partial charge on any atom is -0.382 e. The van der Waals surface area contributed by atoms with E-state index >= 15 is 0 Å². The predicted octanol–water partition coefficient (Wildman–Crippen LogP) is 4.29. The highest BCUT2D eigenvalue weighted by atomic mass is 79.9. The second-order valence-corrected chi connectivity index (χ2v) is 7.13. The number of fused-ring (bicyclic) bond motifs is 1. The molecule has 1 aliphatic carbocycles. The van der Waals surface area contributed by atoms with Crippen LogP contribution in [0.25, 0.3) is 10.9 Å². The second kappa shape index (κ2) is 5.84. The van der Waals surface area contributed by atoms with E-state index in [-0.39, 0.29) is 5.56 Å². The molecule has 0 saturated heterocycles. The van der Waals surface area contributed by atoms with E-state index in [1.54, 1.807) is 10.6 Å². The average molecular weight is 349 g/mol. The van der Waals surface area contributed by atoms with E-state index in [9.17, 15) is 4.79 Å². The van der Waals surface area contributed by atoms with Crippen molar-refractivity contribution >= 4 is 32.5 Å². The first-order chi connectivity index (χ1) is 10.0. The summed E-state index contributed by atoms with van der Waals surface area (Å²) in [5.41, 5.74) is 1.97. The molecule has 1 heterocycles. The number of aryl methyl sites for hydroxylation is 1. The van der Waals surface area contributed by atoms with Gasteiger partial charge in [-0.25, -0.2) is 0 Å². The van der Waals surface area contributed by atoms with Crippen LogP contribution < -0.4 is 10.9 Å². The summed E-state index contributed by atoms with van der Waals surface area (Å²) in [6.45, 7) is 2.32. The van der Waals surface area contributed by atoms with Crippen LogP contribution in [0.4, 0.5) is 5.69 Å². The van der Waals surface area contributed by atoms with Crippen molar-refractivity contribution < 1.29 is 0 Å². The quantitative estimate of drug-likeness (QED) is 0.878. The Morgan fingerprint density at radius 1 is 1.19 bits per heavy atom. The van der Waals surface area contributed by atoms with Crippen LogP contribution in [0.15, 0.2) is 33.5 Å². The van der Waals surface area contributed by atoms with Gasteiger partial charge in [0.15, 0.2) is 0 Å². The smallest absolute Gasteiger partial charge is 0.252 e. The Labute approximate surface area is 133 Å². The minimum atomic E-state index is 0.0384. The number of anilines is 1. The fraction of sp³-hybridized carbons (Fsp3) is 0.471. The van der Waals surface area contributed by atoms with Gasteiger partial charge < -0.3 is 9.88 Å². The van der Waals surface area contributed by atoms with E-state index in [0.29, 0.717) is 6.04 Å². The van der Waals surface area contributed by atoms with Gasteiger partial charge in [-0.3, -0.25) is 4.79 Å². The monoisotopic (exact) mass is 348 g/mol. The van der Waals surface area contributed by atoms with E-state index in [4.69, 9.17) is 0 Å². The number of hydrogen-bond donors (Lipinski definition) is 1. The van der Waals surface area contributed by atoms with E-state index in [0.717, 1.165) is 27.0 Å². The number of halogens is 1. The van der Waals surface area contributed by atoms with Crippen LogP contribution in [0.1, 0.15) is 32.6 Å². The summed E-state index contributed by atoms with van der Waals surface area (Å²) in [7, 11) is 1.82. The van der Waals surface area contributed by atoms with E-state index in [1.807, 2.05) is 19.2 Å². The second-order valence-electron chi connectivity index (χ2n) is 6.22. The number of aromatic nitrogens is 1. The van der Waals surface area contributed by atoms with E-state index in [2.05, 4.69) is 34.2 Å². The normalized spacial score (nSPS) is 22.4. The molecule has 3 nitrogen and oxygen atoms in total. The Kier molecular flexibility index (Phi) is 4.07. The Morgan fingerprint density at radius 2 is 1.90 bits per heavy atom. The molecule has 4 heteroatoms. The molecule has 112 valence electrons. The maximum Gasteiger partial charge on any atom is 0.252 e. The molecule has 0 aliphatic heterocycles. The van der Waals surface area contributed by atoms with Crippen LogP contribution in [0.5, 0.6) is 0 Å². The van der Waals surface area contributed by atoms with E-state index < -0.39 is 0 Å². The summed E-state index contributed by atoms with van der Waals surface area (Å²) < 4.78 is 2.74. The van der Waals surface area contributed by atoms with Gasteiger partial charge in [-0.2, -0.15) is 0 Å². The number of pyridine rings is 1. The molecule has 0 atom stereocenters. The highest BCUT2D eigenvalue weighted by molar-refractivity contribution is 9.10. The predicted molar refractivity (Wildman–Crippen MR) is 91.9 cm³/mol. The van der Waals surface area contributed by atoms with Crippen molar-refractivity contribution in [2.45, 2.75) is 38.6 Å². The molecule has 0 spiro atoms. The Bertz CT molecular complexity index is 715. The lowest BCUT2D eigenvalue weighted by Gasteiger charge is -2.28. The van der Waals surface area contributed by atoms with Gasteiger partial charge in [-0.05, 0) is 49.8 Å². The minimum absolute atomic E-state index is 0.0384. The van der Waals surface area contributed by atoms with Gasteiger partial charge in [0.1, 0.15) is 0 Å². The van der Waals surface area contributed by atoms with Gasteiger partial charge in [0.2, 0.25) is 0 Å². The highest BCUT2D eigenvalue weighted by Gasteiger charge is 2.19. The van der Waals surface area contributed by atoms with Crippen LogP contribution in [-0.2, 0) is 7.05 Å². The number of benzene rings is 1. The van der Waals surface area contributed by atoms with Gasteiger partial charge in [-0.15, -0.1) is 0 Å². The van der Waals surface area contributed by atoms with Crippen LogP contribution >= 0.6 is 15.9 Å². The van der Waals surface area contributed by atoms with Crippen molar-refractivity contribution in [1.82, 2.24) is 4.57 Å². The highest BCUT2D eigenvalue weighted by Crippen LogP contribution is 2.29. The fourth-order valence-corrected chi connectivity index (χ4v) is 3.54. The van der Waals surface area contributed by atoms with Gasteiger partial charge in [0.05, 0.1) is 5.52 Å². The van der Waals surface area contributed by atoms with Gasteiger partial charge in [-0.1, -0.05) is 22.9 Å². The largest absolute Gasteiger partial charge is 0.382 e. The number of hydrogen-bond acceptors (Lipinski definition) is 2. The van der Waals surface area contributed by atoms with Crippen LogP contribution in [0.3, 0.4) is 0 Å². The molecule has 0 amide bonds. The maximum atomic E-state index is 12.1. The number of rotatable bonds is 2. The lowest BCUT2D eigenvalue weighted by atomic mass is 9.87. The van der Waals surface area contributed by atoms with Crippen molar-refractivity contribution in [3.8, 4) is 0 Å². The third kappa shape index (κ3) is 3.00. The summed E-state index contributed by atoms with van der Waals surface area (Å²) >= 11 is 3.53. The van der Waals surface area contributed by atoms with Crippen molar-refractivity contribution in [1.29, 1.82) is 0 Å². The fourth-order valence-electron chi connectivity index (χ4n) is 3.18. The zero-order valence-electron chi connectivity index (χ0n) is 12.5. The third-order valence-electron chi connectivity index (χ3n) is 4.58. The topological polar surface area (TPSA) is 34.0 Å². The van der Waals surface area contributed by atoms with Crippen molar-refractivity contribution in [3.63, 3.8) is 0 Å². The molecule has 0 radical (unpaired) electrons. The van der Waals surface area contributed by atoms with Crippen molar-refractivity contribution in [2.24, 2.45) is 13.0 Å². The molecular formula is C17H21BrN2O. The summed E-state index contributed by atoms with van der Waals surface area (Å²) in [5.74, 6) is 0.831. The molecule has 0 unspecified atom stereocenters. The summed E-state index contributed by atoms with van der Waals surface area (Å²) in [6.07, 6.45) is 4.91. The van der Waals surface area contributed by atoms with Crippen molar-refractivity contribution in [3.05, 3.63) is 39.1 Å². The molecule has 3 rings (SSSR count). The number of nitrogens with one attached hydrogen (secondary N) is 1. The first-order valence-electron chi connectivity index (χ1n) is 7.60. The molecule has 0 bridgehead atoms. The molecule has 1 aromatic heterocycles. The molecule has 1 aromatic carbocycles. The first-order valence-corrected chi connectivity index (χ1v) is 8.39. The summed E-state index contributed by atoms with van der Waals surface area (Å²) in [6, 6.07) is 8.27. The molecular weight excluding hydrogens is 328 g/mol. The summed E-state index contributed by atoms with van der Waals surface area (Å²) in [5, 5.41) is 4.71. The lowest BCUT2D eigenvalue weighted by Crippen LogP contribution is -2.26. The zero-order valence-corrected chi connectivity index (χ0v) is 14.1. The zero-order chi connectivity index (χ0) is 15.0. The molecule has 1 saturated carbocycles. The Balaban J connectivity index is 1.99. The molecule has 2 aromatic rings. The summed E-state index contributed by atoms with van der Waals surface area (Å²) in [4.78, 5) is 12.1. The van der Waals surface area contributed by atoms with Crippen LogP contribution in [0.2, 0.25) is 0 Å². The molecule has 21 heavy (non-hydrogen) atoms. The SMILES string of the molecule is CC1CCC(Nc2cc(=O)n(C)c3ccc(Br)cc23)CC1. The standard InChI is InChI=1S/C17H21BrN2O/c1-11-3-6-13(7-4-11)19-15-10-17(21)20(2)16-8-5-12(18)9-14(15)16/h5,8-11,13,19H,3-4,6-7H2,1-2H3. The molecule has 1 N–H and O–H groups in total. The van der Waals surface area contributed by atoms with Crippen LogP contribution in [-0.4, -0.2) is 10.6 Å². The Morgan fingerprint density at radius 3 is 2.62 bits per heavy atom. The number of nitrogens with zero attached hydrogens (tertiary/aromatic N) is 1.